The summed E-state index contributed by atoms with van der Waals surface area (Å²) < 4.78 is 7.82. The Morgan fingerprint density at radius 3 is 2.56 bits per heavy atom. The van der Waals surface area contributed by atoms with Gasteiger partial charge in [-0.3, -0.25) is 14.6 Å². The van der Waals surface area contributed by atoms with E-state index in [9.17, 15) is 14.9 Å². The van der Waals surface area contributed by atoms with Crippen LogP contribution in [0.1, 0.15) is 106 Å². The highest BCUT2D eigenvalue weighted by atomic mass is 32.2. The Morgan fingerprint density at radius 2 is 1.98 bits per heavy atom. The standard InChI is InChI=1S/C36H46N8O3S/c1-23-18-36(19-23,32-41-39-22-42(32)6)25-16-29(38-13-9-12-37)40-30(17-25)43-21-27-26(31(43)45)14-24(15-28(27)48-7)20-44(35(5)10-8-11-35)33(46)47-34(2,3)4/h14-17,22-23H,8-11,13,18-21H2,1-7H3,(H,38,40)/t23-,36+. The number of anilines is 2. The van der Waals surface area contributed by atoms with Crippen molar-refractivity contribution in [1.82, 2.24) is 24.6 Å². The zero-order valence-corrected chi connectivity index (χ0v) is 29.9. The largest absolute Gasteiger partial charge is 0.444 e. The first kappa shape index (κ1) is 33.8. The number of rotatable bonds is 10. The number of nitrogens with one attached hydrogen (secondary N) is 1. The van der Waals surface area contributed by atoms with Gasteiger partial charge in [-0.2, -0.15) is 5.26 Å². The van der Waals surface area contributed by atoms with Gasteiger partial charge in [-0.25, -0.2) is 9.78 Å². The highest BCUT2D eigenvalue weighted by Gasteiger charge is 2.49. The summed E-state index contributed by atoms with van der Waals surface area (Å²) in [6.07, 6.45) is 8.46. The van der Waals surface area contributed by atoms with Crippen molar-refractivity contribution >= 4 is 35.4 Å². The second-order valence-corrected chi connectivity index (χ2v) is 15.8. The minimum Gasteiger partial charge on any atom is -0.444 e. The highest BCUT2D eigenvalue weighted by molar-refractivity contribution is 7.98. The summed E-state index contributed by atoms with van der Waals surface area (Å²) in [6, 6.07) is 10.3. The van der Waals surface area contributed by atoms with E-state index in [0.717, 1.165) is 59.5 Å². The minimum atomic E-state index is -0.610. The van der Waals surface area contributed by atoms with Crippen molar-refractivity contribution in [3.05, 3.63) is 58.7 Å². The molecule has 1 N–H and O–H groups in total. The molecule has 2 fully saturated rings. The number of fused-ring (bicyclic) bond motifs is 1. The van der Waals surface area contributed by atoms with Crippen LogP contribution in [-0.2, 0) is 30.3 Å². The minimum absolute atomic E-state index is 0.122. The predicted molar refractivity (Wildman–Crippen MR) is 186 cm³/mol. The molecule has 0 radical (unpaired) electrons. The number of thioether (sulfide) groups is 1. The SMILES string of the molecule is CSc1cc(CN(C(=O)OC(C)(C)C)C2(C)CCC2)cc2c1CN(c1cc([C@]3(c4nncn4C)C[C@@H](C)C3)cc(NCCC#N)n1)C2=O. The Hall–Kier alpha value is -4.11. The maximum absolute atomic E-state index is 14.3. The Balaban J connectivity index is 1.36. The van der Waals surface area contributed by atoms with Gasteiger partial charge >= 0.3 is 6.09 Å². The molecule has 2 aliphatic carbocycles. The van der Waals surface area contributed by atoms with E-state index in [1.807, 2.05) is 61.7 Å². The quantitative estimate of drug-likeness (QED) is 0.183. The summed E-state index contributed by atoms with van der Waals surface area (Å²) in [5.74, 6) is 2.45. The van der Waals surface area contributed by atoms with Crippen LogP contribution in [0, 0.1) is 17.2 Å². The molecule has 0 saturated heterocycles. The number of hydrogen-bond donors (Lipinski definition) is 1. The van der Waals surface area contributed by atoms with Gasteiger partial charge in [0.15, 0.2) is 0 Å². The van der Waals surface area contributed by atoms with Crippen molar-refractivity contribution in [2.24, 2.45) is 13.0 Å². The van der Waals surface area contributed by atoms with Crippen molar-refractivity contribution in [2.75, 3.05) is 23.0 Å². The van der Waals surface area contributed by atoms with Crippen LogP contribution in [0.3, 0.4) is 0 Å². The van der Waals surface area contributed by atoms with E-state index in [1.165, 1.54) is 0 Å². The summed E-state index contributed by atoms with van der Waals surface area (Å²) in [7, 11) is 1.96. The molecule has 12 heteroatoms. The van der Waals surface area contributed by atoms with E-state index in [1.54, 1.807) is 23.0 Å². The van der Waals surface area contributed by atoms with Gasteiger partial charge in [0.05, 0.1) is 24.4 Å². The van der Waals surface area contributed by atoms with Crippen LogP contribution in [0.5, 0.6) is 0 Å². The fourth-order valence-corrected chi connectivity index (χ4v) is 8.18. The second kappa shape index (κ2) is 12.7. The number of aromatic nitrogens is 4. The average Bonchev–Trinajstić information content (AvgIpc) is 3.58. The molecule has 48 heavy (non-hydrogen) atoms. The second-order valence-electron chi connectivity index (χ2n) is 14.9. The lowest BCUT2D eigenvalue weighted by molar-refractivity contribution is -0.0238. The number of carbonyl (C=O) groups excluding carboxylic acids is 2. The van der Waals surface area contributed by atoms with Gasteiger partial charge in [-0.1, -0.05) is 6.92 Å². The van der Waals surface area contributed by atoms with Crippen LogP contribution >= 0.6 is 11.8 Å². The molecule has 3 heterocycles. The lowest BCUT2D eigenvalue weighted by atomic mass is 9.58. The van der Waals surface area contributed by atoms with Gasteiger partial charge in [0.25, 0.3) is 5.91 Å². The predicted octanol–water partition coefficient (Wildman–Crippen LogP) is 6.81. The Bertz CT molecular complexity index is 1760. The molecule has 3 aliphatic rings. The fraction of sp³-hybridized carbons (Fsp3) is 0.556. The van der Waals surface area contributed by atoms with Crippen molar-refractivity contribution in [3.8, 4) is 6.07 Å². The third kappa shape index (κ3) is 6.25. The molecule has 0 bridgehead atoms. The molecule has 1 aliphatic heterocycles. The van der Waals surface area contributed by atoms with E-state index < -0.39 is 5.60 Å². The highest BCUT2D eigenvalue weighted by Crippen LogP contribution is 2.52. The van der Waals surface area contributed by atoms with E-state index in [0.29, 0.717) is 49.2 Å². The van der Waals surface area contributed by atoms with Gasteiger partial charge in [-0.15, -0.1) is 22.0 Å². The number of hydrogen-bond acceptors (Lipinski definition) is 9. The maximum atomic E-state index is 14.3. The normalized spacial score (nSPS) is 21.2. The molecule has 2 saturated carbocycles. The summed E-state index contributed by atoms with van der Waals surface area (Å²) in [5.41, 5.74) is 2.27. The lowest BCUT2D eigenvalue weighted by Crippen LogP contribution is -2.54. The Kier molecular flexibility index (Phi) is 8.96. The van der Waals surface area contributed by atoms with Crippen molar-refractivity contribution in [3.63, 3.8) is 0 Å². The summed E-state index contributed by atoms with van der Waals surface area (Å²) in [6.45, 7) is 11.2. The van der Waals surface area contributed by atoms with Crippen molar-refractivity contribution in [2.45, 2.75) is 108 Å². The number of nitriles is 1. The molecule has 0 atom stereocenters. The average molecular weight is 671 g/mol. The molecular formula is C36H46N8O3S. The van der Waals surface area contributed by atoms with E-state index >= 15 is 0 Å². The molecule has 0 unspecified atom stereocenters. The third-order valence-electron chi connectivity index (χ3n) is 10.0. The number of carbonyl (C=O) groups is 2. The Morgan fingerprint density at radius 1 is 1.23 bits per heavy atom. The van der Waals surface area contributed by atoms with Gasteiger partial charge in [0.1, 0.15) is 29.4 Å². The van der Waals surface area contributed by atoms with Crippen LogP contribution < -0.4 is 10.2 Å². The molecule has 2 aromatic heterocycles. The number of pyridine rings is 1. The maximum Gasteiger partial charge on any atom is 0.411 e. The van der Waals surface area contributed by atoms with Crippen LogP contribution in [0.2, 0.25) is 0 Å². The first-order valence-electron chi connectivity index (χ1n) is 16.8. The first-order valence-corrected chi connectivity index (χ1v) is 18.0. The number of nitrogens with zero attached hydrogens (tertiary/aromatic N) is 7. The van der Waals surface area contributed by atoms with E-state index in [4.69, 9.17) is 9.72 Å². The lowest BCUT2D eigenvalue weighted by Gasteiger charge is -2.47. The molecular weight excluding hydrogens is 625 g/mol. The van der Waals surface area contributed by atoms with Gasteiger partial charge in [0.2, 0.25) is 0 Å². The molecule has 254 valence electrons. The summed E-state index contributed by atoms with van der Waals surface area (Å²) in [4.78, 5) is 37.3. The number of benzene rings is 1. The molecule has 2 amide bonds. The van der Waals surface area contributed by atoms with Crippen molar-refractivity contribution in [1.29, 1.82) is 5.26 Å². The zero-order chi connectivity index (χ0) is 34.4. The van der Waals surface area contributed by atoms with Crippen LogP contribution in [0.4, 0.5) is 16.4 Å². The fourth-order valence-electron chi connectivity index (χ4n) is 7.49. The topological polar surface area (TPSA) is 129 Å². The molecule has 6 rings (SSSR count). The monoisotopic (exact) mass is 670 g/mol. The first-order chi connectivity index (χ1) is 22.8. The van der Waals surface area contributed by atoms with E-state index in [-0.39, 0.29) is 23.0 Å². The number of ether oxygens (including phenoxy) is 1. The summed E-state index contributed by atoms with van der Waals surface area (Å²) >= 11 is 1.60. The summed E-state index contributed by atoms with van der Waals surface area (Å²) in [5, 5.41) is 21.2. The molecule has 11 nitrogen and oxygen atoms in total. The third-order valence-corrected chi connectivity index (χ3v) is 10.8. The molecule has 1 aromatic carbocycles. The smallest absolute Gasteiger partial charge is 0.411 e. The number of aryl methyl sites for hydroxylation is 1. The molecule has 0 spiro atoms. The zero-order valence-electron chi connectivity index (χ0n) is 29.1. The van der Waals surface area contributed by atoms with Gasteiger partial charge in [-0.05, 0) is 113 Å². The van der Waals surface area contributed by atoms with Crippen LogP contribution in [-0.4, -0.2) is 60.6 Å². The van der Waals surface area contributed by atoms with Crippen molar-refractivity contribution < 1.29 is 14.3 Å². The number of amides is 2. The van der Waals surface area contributed by atoms with Gasteiger partial charge < -0.3 is 14.6 Å². The van der Waals surface area contributed by atoms with E-state index in [2.05, 4.69) is 41.5 Å². The van der Waals surface area contributed by atoms with Crippen LogP contribution in [0.15, 0.2) is 35.5 Å². The molecule has 3 aromatic rings. The van der Waals surface area contributed by atoms with Gasteiger partial charge in [0, 0.05) is 36.1 Å². The van der Waals surface area contributed by atoms with Crippen LogP contribution in [0.25, 0.3) is 0 Å². The Labute approximate surface area is 287 Å².